The number of hydrogen-bond donors (Lipinski definition) is 0. The minimum atomic E-state index is -0.326. The van der Waals surface area contributed by atoms with Crippen LogP contribution in [0.5, 0.6) is 0 Å². The first-order valence-corrected chi connectivity index (χ1v) is 11.1. The van der Waals surface area contributed by atoms with Gasteiger partial charge in [0.25, 0.3) is 11.8 Å². The van der Waals surface area contributed by atoms with Crippen LogP contribution in [0.2, 0.25) is 10.0 Å². The van der Waals surface area contributed by atoms with Crippen LogP contribution in [-0.2, 0) is 9.59 Å². The van der Waals surface area contributed by atoms with E-state index in [0.29, 0.717) is 32.6 Å². The summed E-state index contributed by atoms with van der Waals surface area (Å²) < 4.78 is 0. The molecule has 31 heavy (non-hydrogen) atoms. The number of carbonyl (C=O) groups is 2. The van der Waals surface area contributed by atoms with Crippen LogP contribution in [0, 0.1) is 6.92 Å². The molecule has 2 aromatic rings. The Morgan fingerprint density at radius 3 is 2.16 bits per heavy atom. The first kappa shape index (κ1) is 21.9. The average molecular weight is 458 g/mol. The molecule has 0 bridgehead atoms. The molecule has 2 aromatic carbocycles. The first-order chi connectivity index (χ1) is 14.8. The van der Waals surface area contributed by atoms with Crippen LogP contribution in [0.25, 0.3) is 5.57 Å². The Hall–Kier alpha value is -2.34. The number of likely N-dealkylation sites (N-methyl/N-ethyl adjacent to an activating group) is 1. The van der Waals surface area contributed by atoms with Gasteiger partial charge >= 0.3 is 0 Å². The van der Waals surface area contributed by atoms with Crippen molar-refractivity contribution in [1.82, 2.24) is 9.80 Å². The Morgan fingerprint density at radius 2 is 1.55 bits per heavy atom. The molecule has 0 radical (unpaired) electrons. The van der Waals surface area contributed by atoms with Gasteiger partial charge in [-0.3, -0.25) is 9.59 Å². The lowest BCUT2D eigenvalue weighted by Crippen LogP contribution is -2.43. The van der Waals surface area contributed by atoms with Crippen LogP contribution >= 0.6 is 23.2 Å². The van der Waals surface area contributed by atoms with Crippen molar-refractivity contribution in [1.29, 1.82) is 0 Å². The van der Waals surface area contributed by atoms with E-state index in [-0.39, 0.29) is 17.9 Å². The highest BCUT2D eigenvalue weighted by Crippen LogP contribution is 2.38. The zero-order valence-electron chi connectivity index (χ0n) is 17.9. The van der Waals surface area contributed by atoms with E-state index < -0.39 is 0 Å². The molecule has 0 unspecified atom stereocenters. The molecule has 0 saturated carbocycles. The Bertz CT molecular complexity index is 1060. The molecule has 0 atom stereocenters. The number of imide groups is 1. The molecule has 0 N–H and O–H groups in total. The molecule has 162 valence electrons. The molecular formula is C24H25Cl2N3O2. The lowest BCUT2D eigenvalue weighted by Gasteiger charge is -2.36. The number of piperidine rings is 1. The lowest BCUT2D eigenvalue weighted by molar-refractivity contribution is -0.120. The van der Waals surface area contributed by atoms with Gasteiger partial charge in [0.15, 0.2) is 0 Å². The minimum Gasteiger partial charge on any atom is -0.366 e. The largest absolute Gasteiger partial charge is 0.366 e. The van der Waals surface area contributed by atoms with Crippen molar-refractivity contribution < 1.29 is 9.59 Å². The van der Waals surface area contributed by atoms with Crippen molar-refractivity contribution in [3.05, 3.63) is 69.3 Å². The van der Waals surface area contributed by atoms with Crippen LogP contribution < -0.4 is 4.90 Å². The molecule has 2 aliphatic heterocycles. The van der Waals surface area contributed by atoms with E-state index in [0.717, 1.165) is 31.5 Å². The van der Waals surface area contributed by atoms with E-state index in [1.165, 1.54) is 4.90 Å². The summed E-state index contributed by atoms with van der Waals surface area (Å²) in [6, 6.07) is 12.5. The molecule has 0 spiro atoms. The number of hydrogen-bond acceptors (Lipinski definition) is 4. The summed E-state index contributed by atoms with van der Waals surface area (Å²) in [5, 5.41) is 1.15. The van der Waals surface area contributed by atoms with E-state index in [1.807, 2.05) is 18.9 Å². The van der Waals surface area contributed by atoms with Gasteiger partial charge in [0.05, 0.1) is 11.3 Å². The SMILES string of the molecule is Cc1cc(Cl)ccc1N1C(=O)C(c2ccc(Cl)cc2)=C(N(C)C2CCN(C)CC2)C1=O. The van der Waals surface area contributed by atoms with Gasteiger partial charge in [0.2, 0.25) is 0 Å². The smallest absolute Gasteiger partial charge is 0.282 e. The third-order valence-corrected chi connectivity index (χ3v) is 6.67. The summed E-state index contributed by atoms with van der Waals surface area (Å²) in [5.74, 6) is -0.630. The first-order valence-electron chi connectivity index (χ1n) is 10.3. The van der Waals surface area contributed by atoms with Gasteiger partial charge in [0.1, 0.15) is 5.70 Å². The van der Waals surface area contributed by atoms with Gasteiger partial charge in [0, 0.05) is 23.1 Å². The molecule has 2 heterocycles. The fourth-order valence-corrected chi connectivity index (χ4v) is 4.73. The molecule has 2 aliphatic rings. The number of carbonyl (C=O) groups excluding carboxylic acids is 2. The van der Waals surface area contributed by atoms with E-state index in [4.69, 9.17) is 23.2 Å². The molecule has 1 fully saturated rings. The van der Waals surface area contributed by atoms with Gasteiger partial charge in [-0.05, 0) is 81.4 Å². The molecule has 7 heteroatoms. The van der Waals surface area contributed by atoms with Gasteiger partial charge in [-0.15, -0.1) is 0 Å². The monoisotopic (exact) mass is 457 g/mol. The van der Waals surface area contributed by atoms with E-state index in [9.17, 15) is 9.59 Å². The number of nitrogens with zero attached hydrogens (tertiary/aromatic N) is 3. The lowest BCUT2D eigenvalue weighted by atomic mass is 10.0. The minimum absolute atomic E-state index is 0.191. The second-order valence-corrected chi connectivity index (χ2v) is 9.13. The molecule has 5 nitrogen and oxygen atoms in total. The average Bonchev–Trinajstić information content (AvgIpc) is 2.99. The molecule has 1 saturated heterocycles. The predicted molar refractivity (Wildman–Crippen MR) is 125 cm³/mol. The summed E-state index contributed by atoms with van der Waals surface area (Å²) in [4.78, 5) is 32.9. The number of anilines is 1. The van der Waals surface area contributed by atoms with Gasteiger partial charge in [-0.2, -0.15) is 0 Å². The maximum atomic E-state index is 13.7. The van der Waals surface area contributed by atoms with Gasteiger partial charge in [-0.1, -0.05) is 35.3 Å². The van der Waals surface area contributed by atoms with Crippen molar-refractivity contribution in [2.45, 2.75) is 25.8 Å². The summed E-state index contributed by atoms with van der Waals surface area (Å²) in [6.07, 6.45) is 1.87. The van der Waals surface area contributed by atoms with Crippen molar-refractivity contribution in [2.24, 2.45) is 0 Å². The second kappa shape index (κ2) is 8.65. The summed E-state index contributed by atoms with van der Waals surface area (Å²) in [5.41, 5.74) is 2.87. The third-order valence-electron chi connectivity index (χ3n) is 6.18. The van der Waals surface area contributed by atoms with Gasteiger partial charge < -0.3 is 9.80 Å². The Labute approximate surface area is 192 Å². The number of likely N-dealkylation sites (tertiary alicyclic amines) is 1. The summed E-state index contributed by atoms with van der Waals surface area (Å²) >= 11 is 12.2. The van der Waals surface area contributed by atoms with Crippen LogP contribution in [0.15, 0.2) is 48.2 Å². The van der Waals surface area contributed by atoms with Crippen LogP contribution in [-0.4, -0.2) is 54.8 Å². The standard InChI is InChI=1S/C24H25Cl2N3O2/c1-15-14-18(26)8-9-20(15)29-23(30)21(16-4-6-17(25)7-5-16)22(24(29)31)28(3)19-10-12-27(2)13-11-19/h4-9,14,19H,10-13H2,1-3H3. The summed E-state index contributed by atoms with van der Waals surface area (Å²) in [6.45, 7) is 3.77. The molecule has 2 amide bonds. The van der Waals surface area contributed by atoms with E-state index in [1.54, 1.807) is 42.5 Å². The molecule has 4 rings (SSSR count). The van der Waals surface area contributed by atoms with Crippen molar-refractivity contribution in [3.8, 4) is 0 Å². The Morgan fingerprint density at radius 1 is 0.935 bits per heavy atom. The second-order valence-electron chi connectivity index (χ2n) is 8.25. The van der Waals surface area contributed by atoms with E-state index in [2.05, 4.69) is 11.9 Å². The van der Waals surface area contributed by atoms with Crippen molar-refractivity contribution in [3.63, 3.8) is 0 Å². The number of benzene rings is 2. The van der Waals surface area contributed by atoms with Crippen molar-refractivity contribution >= 4 is 46.3 Å². The molecular weight excluding hydrogens is 433 g/mol. The normalized spacial score (nSPS) is 18.3. The van der Waals surface area contributed by atoms with Crippen LogP contribution in [0.3, 0.4) is 0 Å². The highest BCUT2D eigenvalue weighted by Gasteiger charge is 2.43. The third kappa shape index (κ3) is 4.10. The summed E-state index contributed by atoms with van der Waals surface area (Å²) in [7, 11) is 4.02. The predicted octanol–water partition coefficient (Wildman–Crippen LogP) is 4.61. The maximum absolute atomic E-state index is 13.7. The Balaban J connectivity index is 1.80. The van der Waals surface area contributed by atoms with Gasteiger partial charge in [-0.25, -0.2) is 4.90 Å². The fraction of sp³-hybridized carbons (Fsp3) is 0.333. The van der Waals surface area contributed by atoms with E-state index >= 15 is 0 Å². The van der Waals surface area contributed by atoms with Crippen LogP contribution in [0.4, 0.5) is 5.69 Å². The number of aryl methyl sites for hydroxylation is 1. The molecule has 0 aliphatic carbocycles. The zero-order chi connectivity index (χ0) is 22.3. The number of amides is 2. The van der Waals surface area contributed by atoms with Crippen molar-refractivity contribution in [2.75, 3.05) is 32.1 Å². The number of rotatable bonds is 4. The number of halogens is 2. The maximum Gasteiger partial charge on any atom is 0.282 e. The van der Waals surface area contributed by atoms with Crippen LogP contribution in [0.1, 0.15) is 24.0 Å². The highest BCUT2D eigenvalue weighted by molar-refractivity contribution is 6.45. The Kier molecular flexibility index (Phi) is 6.11. The molecule has 0 aromatic heterocycles. The quantitative estimate of drug-likeness (QED) is 0.628. The fourth-order valence-electron chi connectivity index (χ4n) is 4.38. The topological polar surface area (TPSA) is 43.9 Å². The highest BCUT2D eigenvalue weighted by atomic mass is 35.5. The zero-order valence-corrected chi connectivity index (χ0v) is 19.4.